The third kappa shape index (κ3) is 2.74. The number of non-ortho nitro benzene ring substituents is 1. The fraction of sp³-hybridized carbons (Fsp3) is 0.455. The molecule has 0 aliphatic carbocycles. The molecular formula is C11H13BrClNO2. The van der Waals surface area contributed by atoms with E-state index in [1.807, 2.05) is 0 Å². The first-order valence-corrected chi connectivity index (χ1v) is 6.36. The Morgan fingerprint density at radius 3 is 2.62 bits per heavy atom. The number of benzene rings is 1. The maximum absolute atomic E-state index is 10.7. The van der Waals surface area contributed by atoms with Crippen LogP contribution in [0.4, 0.5) is 5.69 Å². The molecule has 0 aliphatic heterocycles. The average molecular weight is 307 g/mol. The molecule has 0 heterocycles. The molecule has 16 heavy (non-hydrogen) atoms. The molecule has 88 valence electrons. The van der Waals surface area contributed by atoms with Crippen LogP contribution < -0.4 is 0 Å². The van der Waals surface area contributed by atoms with Crippen molar-refractivity contribution in [3.8, 4) is 0 Å². The van der Waals surface area contributed by atoms with Gasteiger partial charge < -0.3 is 0 Å². The predicted octanol–water partition coefficient (Wildman–Crippen LogP) is 4.61. The maximum atomic E-state index is 10.7. The quantitative estimate of drug-likeness (QED) is 0.463. The summed E-state index contributed by atoms with van der Waals surface area (Å²) >= 11 is 9.22. The summed E-state index contributed by atoms with van der Waals surface area (Å²) in [6, 6.07) is 3.09. The molecule has 0 bridgehead atoms. The van der Waals surface area contributed by atoms with Gasteiger partial charge in [0.1, 0.15) is 0 Å². The van der Waals surface area contributed by atoms with Gasteiger partial charge in [-0.25, -0.2) is 0 Å². The number of halogens is 2. The zero-order valence-corrected chi connectivity index (χ0v) is 11.5. The van der Waals surface area contributed by atoms with Gasteiger partial charge in [-0.05, 0) is 23.5 Å². The third-order valence-corrected chi connectivity index (χ3v) is 3.60. The van der Waals surface area contributed by atoms with Gasteiger partial charge in [-0.2, -0.15) is 0 Å². The monoisotopic (exact) mass is 305 g/mol. The van der Waals surface area contributed by atoms with E-state index in [0.29, 0.717) is 11.8 Å². The first kappa shape index (κ1) is 13.5. The van der Waals surface area contributed by atoms with Gasteiger partial charge in [0.2, 0.25) is 0 Å². The predicted molar refractivity (Wildman–Crippen MR) is 69.1 cm³/mol. The average Bonchev–Trinajstić information content (AvgIpc) is 2.26. The molecule has 0 spiro atoms. The number of hydrogen-bond acceptors (Lipinski definition) is 2. The second-order valence-electron chi connectivity index (χ2n) is 3.70. The molecule has 0 N–H and O–H groups in total. The van der Waals surface area contributed by atoms with Crippen molar-refractivity contribution in [2.45, 2.75) is 32.1 Å². The first-order chi connectivity index (χ1) is 7.51. The van der Waals surface area contributed by atoms with Crippen LogP contribution in [-0.2, 0) is 5.88 Å². The van der Waals surface area contributed by atoms with Crippen molar-refractivity contribution in [2.24, 2.45) is 0 Å². The van der Waals surface area contributed by atoms with Crippen molar-refractivity contribution < 1.29 is 4.92 Å². The van der Waals surface area contributed by atoms with E-state index in [1.165, 1.54) is 6.07 Å². The Kier molecular flexibility index (Phi) is 4.74. The number of nitrogens with zero attached hydrogens (tertiary/aromatic N) is 1. The minimum Gasteiger partial charge on any atom is -0.258 e. The fourth-order valence-electron chi connectivity index (χ4n) is 1.63. The summed E-state index contributed by atoms with van der Waals surface area (Å²) < 4.78 is 0.770. The normalized spacial score (nSPS) is 12.5. The molecular weight excluding hydrogens is 293 g/mol. The van der Waals surface area contributed by atoms with Crippen LogP contribution in [-0.4, -0.2) is 4.92 Å². The zero-order chi connectivity index (χ0) is 12.3. The molecule has 1 unspecified atom stereocenters. The molecule has 1 atom stereocenters. The maximum Gasteiger partial charge on any atom is 0.270 e. The van der Waals surface area contributed by atoms with Crippen molar-refractivity contribution in [1.29, 1.82) is 0 Å². The number of rotatable bonds is 4. The summed E-state index contributed by atoms with van der Waals surface area (Å²) in [6.07, 6.45) is 0.973. The summed E-state index contributed by atoms with van der Waals surface area (Å²) in [5, 5.41) is 10.7. The van der Waals surface area contributed by atoms with Gasteiger partial charge in [0.05, 0.1) is 4.92 Å². The lowest BCUT2D eigenvalue weighted by Gasteiger charge is -2.15. The highest BCUT2D eigenvalue weighted by atomic mass is 79.9. The Morgan fingerprint density at radius 1 is 1.56 bits per heavy atom. The minimum atomic E-state index is -0.402. The van der Waals surface area contributed by atoms with Gasteiger partial charge in [-0.1, -0.05) is 29.8 Å². The standard InChI is InChI=1S/C11H13BrClNO2/c1-3-7(2)11-8(6-13)4-9(14(15)16)5-10(11)12/h4-5,7H,3,6H2,1-2H3. The van der Waals surface area contributed by atoms with Crippen molar-refractivity contribution in [3.05, 3.63) is 37.8 Å². The molecule has 0 fully saturated rings. The molecule has 0 saturated heterocycles. The van der Waals surface area contributed by atoms with Gasteiger partial charge in [0, 0.05) is 22.5 Å². The fourth-order valence-corrected chi connectivity index (χ4v) is 2.73. The van der Waals surface area contributed by atoms with Crippen molar-refractivity contribution in [2.75, 3.05) is 0 Å². The molecule has 0 radical (unpaired) electrons. The number of alkyl halides is 1. The van der Waals surface area contributed by atoms with Crippen LogP contribution in [0.15, 0.2) is 16.6 Å². The van der Waals surface area contributed by atoms with Crippen molar-refractivity contribution in [1.82, 2.24) is 0 Å². The Labute approximate surface area is 108 Å². The summed E-state index contributed by atoms with van der Waals surface area (Å²) in [6.45, 7) is 4.17. The Balaban J connectivity index is 3.34. The van der Waals surface area contributed by atoms with E-state index in [2.05, 4.69) is 29.8 Å². The van der Waals surface area contributed by atoms with Crippen LogP contribution in [0.3, 0.4) is 0 Å². The molecule has 1 rings (SSSR count). The van der Waals surface area contributed by atoms with Gasteiger partial charge in [0.25, 0.3) is 5.69 Å². The molecule has 5 heteroatoms. The van der Waals surface area contributed by atoms with Crippen LogP contribution >= 0.6 is 27.5 Å². The smallest absolute Gasteiger partial charge is 0.258 e. The largest absolute Gasteiger partial charge is 0.270 e. The summed E-state index contributed by atoms with van der Waals surface area (Å²) in [4.78, 5) is 10.3. The molecule has 0 saturated carbocycles. The van der Waals surface area contributed by atoms with E-state index in [0.717, 1.165) is 22.0 Å². The highest BCUT2D eigenvalue weighted by Gasteiger charge is 2.17. The number of nitro benzene ring substituents is 1. The molecule has 0 amide bonds. The van der Waals surface area contributed by atoms with E-state index in [9.17, 15) is 10.1 Å². The van der Waals surface area contributed by atoms with E-state index in [1.54, 1.807) is 6.07 Å². The minimum absolute atomic E-state index is 0.0783. The van der Waals surface area contributed by atoms with E-state index >= 15 is 0 Å². The van der Waals surface area contributed by atoms with Crippen LogP contribution in [0.1, 0.15) is 37.3 Å². The SMILES string of the molecule is CCC(C)c1c(Br)cc([N+](=O)[O-])cc1CCl. The summed E-state index contributed by atoms with van der Waals surface area (Å²) in [7, 11) is 0. The lowest BCUT2D eigenvalue weighted by molar-refractivity contribution is -0.385. The lowest BCUT2D eigenvalue weighted by Crippen LogP contribution is -2.00. The van der Waals surface area contributed by atoms with Crippen LogP contribution in [0, 0.1) is 10.1 Å². The van der Waals surface area contributed by atoms with Gasteiger partial charge in [0.15, 0.2) is 0 Å². The van der Waals surface area contributed by atoms with E-state index in [4.69, 9.17) is 11.6 Å². The third-order valence-electron chi connectivity index (χ3n) is 2.66. The highest BCUT2D eigenvalue weighted by molar-refractivity contribution is 9.10. The van der Waals surface area contributed by atoms with Crippen LogP contribution in [0.2, 0.25) is 0 Å². The second-order valence-corrected chi connectivity index (χ2v) is 4.82. The number of nitro groups is 1. The molecule has 1 aromatic rings. The Bertz CT molecular complexity index is 409. The van der Waals surface area contributed by atoms with Crippen molar-refractivity contribution in [3.63, 3.8) is 0 Å². The van der Waals surface area contributed by atoms with Gasteiger partial charge >= 0.3 is 0 Å². The highest BCUT2D eigenvalue weighted by Crippen LogP contribution is 2.34. The van der Waals surface area contributed by atoms with E-state index < -0.39 is 4.92 Å². The molecule has 0 aliphatic rings. The van der Waals surface area contributed by atoms with Crippen LogP contribution in [0.25, 0.3) is 0 Å². The van der Waals surface area contributed by atoms with E-state index in [-0.39, 0.29) is 5.69 Å². The summed E-state index contributed by atoms with van der Waals surface area (Å²) in [5.74, 6) is 0.629. The van der Waals surface area contributed by atoms with Crippen LogP contribution in [0.5, 0.6) is 0 Å². The molecule has 3 nitrogen and oxygen atoms in total. The molecule has 0 aromatic heterocycles. The first-order valence-electron chi connectivity index (χ1n) is 5.03. The Hall–Kier alpha value is -0.610. The van der Waals surface area contributed by atoms with Gasteiger partial charge in [-0.3, -0.25) is 10.1 Å². The number of hydrogen-bond donors (Lipinski definition) is 0. The topological polar surface area (TPSA) is 43.1 Å². The zero-order valence-electron chi connectivity index (χ0n) is 9.17. The second kappa shape index (κ2) is 5.64. The summed E-state index contributed by atoms with van der Waals surface area (Å²) in [5.41, 5.74) is 1.98. The van der Waals surface area contributed by atoms with Crippen molar-refractivity contribution >= 4 is 33.2 Å². The lowest BCUT2D eigenvalue weighted by atomic mass is 9.94. The Morgan fingerprint density at radius 2 is 2.19 bits per heavy atom. The molecule has 1 aromatic carbocycles. The van der Waals surface area contributed by atoms with Gasteiger partial charge in [-0.15, -0.1) is 11.6 Å².